The van der Waals surface area contributed by atoms with Crippen LogP contribution >= 0.6 is 24.0 Å². The van der Waals surface area contributed by atoms with Crippen LogP contribution in [0.25, 0.3) is 0 Å². The van der Waals surface area contributed by atoms with Crippen molar-refractivity contribution in [3.8, 4) is 11.5 Å². The lowest BCUT2D eigenvalue weighted by Gasteiger charge is -2.12. The molecule has 0 aromatic heterocycles. The number of guanidine groups is 1. The molecule has 0 fully saturated rings. The highest BCUT2D eigenvalue weighted by molar-refractivity contribution is 14.0. The maximum atomic E-state index is 12.0. The molecule has 7 nitrogen and oxygen atoms in total. The average molecular weight is 496 g/mol. The fourth-order valence-corrected chi connectivity index (χ4v) is 2.60. The third-order valence-corrected chi connectivity index (χ3v) is 3.94. The molecule has 0 spiro atoms. The van der Waals surface area contributed by atoms with Gasteiger partial charge in [-0.3, -0.25) is 4.79 Å². The molecule has 0 unspecified atom stereocenters. The van der Waals surface area contributed by atoms with Crippen molar-refractivity contribution in [3.05, 3.63) is 59.7 Å². The predicted molar refractivity (Wildman–Crippen MR) is 120 cm³/mol. The summed E-state index contributed by atoms with van der Waals surface area (Å²) in [5, 5.41) is 9.30. The Morgan fingerprint density at radius 3 is 2.54 bits per heavy atom. The summed E-state index contributed by atoms with van der Waals surface area (Å²) < 4.78 is 10.7. The van der Waals surface area contributed by atoms with Crippen LogP contribution in [-0.4, -0.2) is 38.3 Å². The first-order chi connectivity index (χ1) is 13.3. The van der Waals surface area contributed by atoms with Crippen molar-refractivity contribution in [2.24, 2.45) is 4.99 Å². The largest absolute Gasteiger partial charge is 0.454 e. The van der Waals surface area contributed by atoms with E-state index in [1.54, 1.807) is 12.1 Å². The molecule has 1 amide bonds. The third-order valence-electron chi connectivity index (χ3n) is 3.94. The van der Waals surface area contributed by atoms with Gasteiger partial charge in [0.05, 0.1) is 6.54 Å². The number of halogens is 1. The summed E-state index contributed by atoms with van der Waals surface area (Å²) in [5.41, 5.74) is 1.69. The molecule has 1 heterocycles. The van der Waals surface area contributed by atoms with Crippen molar-refractivity contribution in [2.75, 3.05) is 26.4 Å². The zero-order valence-corrected chi connectivity index (χ0v) is 18.1. The molecule has 1 aliphatic heterocycles. The van der Waals surface area contributed by atoms with Crippen LogP contribution in [0.5, 0.6) is 11.5 Å². The lowest BCUT2D eigenvalue weighted by atomic mass is 10.2. The highest BCUT2D eigenvalue weighted by atomic mass is 127. The second kappa shape index (κ2) is 11.4. The van der Waals surface area contributed by atoms with E-state index in [9.17, 15) is 4.79 Å². The van der Waals surface area contributed by atoms with Crippen molar-refractivity contribution in [2.45, 2.75) is 13.5 Å². The summed E-state index contributed by atoms with van der Waals surface area (Å²) in [7, 11) is 0. The Kier molecular flexibility index (Phi) is 8.86. The molecule has 0 saturated heterocycles. The van der Waals surface area contributed by atoms with Gasteiger partial charge in [-0.25, -0.2) is 4.99 Å². The Bertz CT molecular complexity index is 799. The second-order valence-corrected chi connectivity index (χ2v) is 5.93. The van der Waals surface area contributed by atoms with E-state index in [0.29, 0.717) is 31.2 Å². The highest BCUT2D eigenvalue weighted by Crippen LogP contribution is 2.32. The molecular formula is C20H25IN4O3. The van der Waals surface area contributed by atoms with Crippen molar-refractivity contribution < 1.29 is 14.3 Å². The molecule has 0 atom stereocenters. The molecule has 0 bridgehead atoms. The molecule has 150 valence electrons. The third kappa shape index (κ3) is 6.29. The van der Waals surface area contributed by atoms with Gasteiger partial charge in [-0.15, -0.1) is 24.0 Å². The number of carbonyl (C=O) groups excluding carboxylic acids is 1. The summed E-state index contributed by atoms with van der Waals surface area (Å²) in [5.74, 6) is 2.13. The molecule has 3 rings (SSSR count). The van der Waals surface area contributed by atoms with E-state index < -0.39 is 0 Å². The summed E-state index contributed by atoms with van der Waals surface area (Å²) in [6.45, 7) is 4.62. The lowest BCUT2D eigenvalue weighted by molar-refractivity contribution is 0.0954. The quantitative estimate of drug-likeness (QED) is 0.238. The fourth-order valence-electron chi connectivity index (χ4n) is 2.60. The van der Waals surface area contributed by atoms with Crippen LogP contribution in [0.15, 0.2) is 53.5 Å². The van der Waals surface area contributed by atoms with Gasteiger partial charge in [0.15, 0.2) is 17.5 Å². The van der Waals surface area contributed by atoms with Crippen LogP contribution in [0.3, 0.4) is 0 Å². The van der Waals surface area contributed by atoms with Gasteiger partial charge in [-0.2, -0.15) is 0 Å². The Balaban J connectivity index is 0.00000280. The van der Waals surface area contributed by atoms with E-state index in [1.165, 1.54) is 0 Å². The van der Waals surface area contributed by atoms with Crippen molar-refractivity contribution in [1.82, 2.24) is 16.0 Å². The molecular weight excluding hydrogens is 471 g/mol. The van der Waals surface area contributed by atoms with Gasteiger partial charge in [0.25, 0.3) is 5.91 Å². The number of nitrogens with zero attached hydrogens (tertiary/aromatic N) is 1. The maximum absolute atomic E-state index is 12.0. The SMILES string of the molecule is CCNC(=NCc1ccc2c(c1)OCO2)NCCNC(=O)c1ccccc1.I. The molecule has 0 aliphatic carbocycles. The Morgan fingerprint density at radius 2 is 1.75 bits per heavy atom. The van der Waals surface area contributed by atoms with Crippen LogP contribution < -0.4 is 25.4 Å². The first kappa shape index (κ1) is 21.8. The van der Waals surface area contributed by atoms with Gasteiger partial charge in [0.2, 0.25) is 6.79 Å². The topological polar surface area (TPSA) is 84.0 Å². The molecule has 0 radical (unpaired) electrons. The van der Waals surface area contributed by atoms with Crippen LogP contribution in [0.2, 0.25) is 0 Å². The minimum absolute atomic E-state index is 0. The van der Waals surface area contributed by atoms with E-state index in [0.717, 1.165) is 23.6 Å². The number of rotatable bonds is 7. The van der Waals surface area contributed by atoms with Crippen LogP contribution in [-0.2, 0) is 6.54 Å². The van der Waals surface area contributed by atoms with Crippen LogP contribution in [0, 0.1) is 0 Å². The number of ether oxygens (including phenoxy) is 2. The zero-order chi connectivity index (χ0) is 18.9. The monoisotopic (exact) mass is 496 g/mol. The van der Waals surface area contributed by atoms with Gasteiger partial charge in [0.1, 0.15) is 0 Å². The maximum Gasteiger partial charge on any atom is 0.251 e. The number of carbonyl (C=O) groups is 1. The summed E-state index contributed by atoms with van der Waals surface area (Å²) in [6, 6.07) is 15.0. The van der Waals surface area contributed by atoms with Crippen molar-refractivity contribution in [3.63, 3.8) is 0 Å². The van der Waals surface area contributed by atoms with Crippen molar-refractivity contribution in [1.29, 1.82) is 0 Å². The van der Waals surface area contributed by atoms with E-state index >= 15 is 0 Å². The Morgan fingerprint density at radius 1 is 1.00 bits per heavy atom. The van der Waals surface area contributed by atoms with Crippen LogP contribution in [0.1, 0.15) is 22.8 Å². The smallest absolute Gasteiger partial charge is 0.251 e. The van der Waals surface area contributed by atoms with Gasteiger partial charge in [-0.05, 0) is 36.8 Å². The number of aliphatic imine (C=N–C) groups is 1. The first-order valence-corrected chi connectivity index (χ1v) is 9.00. The minimum Gasteiger partial charge on any atom is -0.454 e. The molecule has 28 heavy (non-hydrogen) atoms. The van der Waals surface area contributed by atoms with Gasteiger partial charge in [0, 0.05) is 25.2 Å². The van der Waals surface area contributed by atoms with Gasteiger partial charge in [-0.1, -0.05) is 24.3 Å². The molecule has 3 N–H and O–H groups in total. The summed E-state index contributed by atoms with van der Waals surface area (Å²) >= 11 is 0. The minimum atomic E-state index is -0.0836. The molecule has 2 aromatic carbocycles. The summed E-state index contributed by atoms with van der Waals surface area (Å²) in [6.07, 6.45) is 0. The van der Waals surface area contributed by atoms with E-state index in [2.05, 4.69) is 20.9 Å². The predicted octanol–water partition coefficient (Wildman–Crippen LogP) is 2.52. The van der Waals surface area contributed by atoms with E-state index in [1.807, 2.05) is 43.3 Å². The number of hydrogen-bond donors (Lipinski definition) is 3. The fraction of sp³-hybridized carbons (Fsp3) is 0.300. The molecule has 8 heteroatoms. The Labute approximate surface area is 181 Å². The van der Waals surface area contributed by atoms with Gasteiger partial charge < -0.3 is 25.4 Å². The number of fused-ring (bicyclic) bond motifs is 1. The zero-order valence-electron chi connectivity index (χ0n) is 15.7. The normalized spacial score (nSPS) is 12.1. The summed E-state index contributed by atoms with van der Waals surface area (Å²) in [4.78, 5) is 16.6. The number of nitrogens with one attached hydrogen (secondary N) is 3. The first-order valence-electron chi connectivity index (χ1n) is 9.00. The number of amides is 1. The van der Waals surface area contributed by atoms with E-state index in [-0.39, 0.29) is 36.7 Å². The standard InChI is InChI=1S/C20H24N4O3.HI/c1-2-21-20(23-11-10-22-19(25)16-6-4-3-5-7-16)24-13-15-8-9-17-18(12-15)27-14-26-17;/h3-9,12H,2,10-11,13-14H2,1H3,(H,22,25)(H2,21,23,24);1H. The molecule has 2 aromatic rings. The average Bonchev–Trinajstić information content (AvgIpc) is 3.17. The van der Waals surface area contributed by atoms with Crippen molar-refractivity contribution >= 4 is 35.8 Å². The number of benzene rings is 2. The Hall–Kier alpha value is -2.49. The van der Waals surface area contributed by atoms with Crippen LogP contribution in [0.4, 0.5) is 0 Å². The highest BCUT2D eigenvalue weighted by Gasteiger charge is 2.13. The molecule has 1 aliphatic rings. The number of hydrogen-bond acceptors (Lipinski definition) is 4. The lowest BCUT2D eigenvalue weighted by Crippen LogP contribution is -2.41. The van der Waals surface area contributed by atoms with E-state index in [4.69, 9.17) is 9.47 Å². The molecule has 0 saturated carbocycles. The van der Waals surface area contributed by atoms with Gasteiger partial charge >= 0.3 is 0 Å². The second-order valence-electron chi connectivity index (χ2n) is 5.93.